The van der Waals surface area contributed by atoms with E-state index in [4.69, 9.17) is 5.73 Å². The number of hydrogen-bond donors (Lipinski definition) is 1. The van der Waals surface area contributed by atoms with Gasteiger partial charge in [0.05, 0.1) is 5.69 Å². The molecule has 4 aromatic carbocycles. The molecular formula is C26H22N4. The van der Waals surface area contributed by atoms with E-state index < -0.39 is 6.17 Å². The first kappa shape index (κ1) is 19.3. The summed E-state index contributed by atoms with van der Waals surface area (Å²) in [5.74, 6) is 0. The summed E-state index contributed by atoms with van der Waals surface area (Å²) in [5, 5.41) is 8.81. The first-order valence-electron chi connectivity index (χ1n) is 9.78. The van der Waals surface area contributed by atoms with Crippen molar-refractivity contribution in [1.29, 1.82) is 0 Å². The van der Waals surface area contributed by atoms with Crippen LogP contribution in [0.5, 0.6) is 0 Å². The Bertz CT molecular complexity index is 1120. The minimum atomic E-state index is -0.445. The Morgan fingerprint density at radius 2 is 1.23 bits per heavy atom. The van der Waals surface area contributed by atoms with Crippen LogP contribution in [0.4, 0.5) is 11.4 Å². The fourth-order valence-corrected chi connectivity index (χ4v) is 3.02. The van der Waals surface area contributed by atoms with Crippen molar-refractivity contribution in [2.75, 3.05) is 5.73 Å². The molecule has 4 rings (SSSR count). The smallest absolute Gasteiger partial charge is 0.185 e. The number of nitrogens with zero attached hydrogens (tertiary/aromatic N) is 3. The monoisotopic (exact) mass is 390 g/mol. The quantitative estimate of drug-likeness (QED) is 0.219. The third-order valence-corrected chi connectivity index (χ3v) is 4.66. The van der Waals surface area contributed by atoms with Gasteiger partial charge in [0.1, 0.15) is 0 Å². The van der Waals surface area contributed by atoms with Gasteiger partial charge in [0.2, 0.25) is 0 Å². The molecule has 1 unspecified atom stereocenters. The molecule has 0 saturated carbocycles. The summed E-state index contributed by atoms with van der Waals surface area (Å²) in [6.07, 6.45) is 1.39. The van der Waals surface area contributed by atoms with E-state index in [0.29, 0.717) is 5.69 Å². The summed E-state index contributed by atoms with van der Waals surface area (Å²) in [6, 6.07) is 35.8. The standard InChI is InChI=1S/C26H22N4/c27-24-17-15-23(16-18-24)26(30-29-25-9-5-2-6-10-25)28-19-20-11-13-22(14-12-20)21-7-3-1-4-8-21/h1-19,26H,27H2/b28-19+,30-29+. The summed E-state index contributed by atoms with van der Waals surface area (Å²) >= 11 is 0. The molecule has 4 nitrogen and oxygen atoms in total. The van der Waals surface area contributed by atoms with Crippen molar-refractivity contribution in [3.63, 3.8) is 0 Å². The molecule has 0 heterocycles. The van der Waals surface area contributed by atoms with Crippen LogP contribution >= 0.6 is 0 Å². The lowest BCUT2D eigenvalue weighted by molar-refractivity contribution is 0.733. The largest absolute Gasteiger partial charge is 0.399 e. The third-order valence-electron chi connectivity index (χ3n) is 4.66. The van der Waals surface area contributed by atoms with E-state index in [1.165, 1.54) is 11.1 Å². The lowest BCUT2D eigenvalue weighted by atomic mass is 10.0. The maximum Gasteiger partial charge on any atom is 0.185 e. The summed E-state index contributed by atoms with van der Waals surface area (Å²) < 4.78 is 0. The molecule has 0 aliphatic rings. The number of nitrogen functional groups attached to an aromatic ring is 1. The highest BCUT2D eigenvalue weighted by Crippen LogP contribution is 2.24. The van der Waals surface area contributed by atoms with Gasteiger partial charge >= 0.3 is 0 Å². The van der Waals surface area contributed by atoms with Crippen molar-refractivity contribution in [3.8, 4) is 11.1 Å². The van der Waals surface area contributed by atoms with Crippen molar-refractivity contribution in [3.05, 3.63) is 120 Å². The number of rotatable bonds is 6. The molecule has 0 radical (unpaired) electrons. The molecule has 30 heavy (non-hydrogen) atoms. The molecule has 2 N–H and O–H groups in total. The number of hydrogen-bond acceptors (Lipinski definition) is 4. The zero-order chi connectivity index (χ0) is 20.6. The summed E-state index contributed by atoms with van der Waals surface area (Å²) in [5.41, 5.74) is 11.6. The highest BCUT2D eigenvalue weighted by atomic mass is 15.2. The van der Waals surface area contributed by atoms with E-state index in [1.54, 1.807) is 0 Å². The minimum Gasteiger partial charge on any atom is -0.399 e. The molecule has 0 bridgehead atoms. The fraction of sp³-hybridized carbons (Fsp3) is 0.0385. The van der Waals surface area contributed by atoms with E-state index in [1.807, 2.05) is 79.0 Å². The van der Waals surface area contributed by atoms with Crippen LogP contribution in [-0.2, 0) is 0 Å². The van der Waals surface area contributed by atoms with Crippen LogP contribution in [0.1, 0.15) is 17.3 Å². The van der Waals surface area contributed by atoms with Gasteiger partial charge in [-0.15, -0.1) is 0 Å². The lowest BCUT2D eigenvalue weighted by Gasteiger charge is -2.08. The Morgan fingerprint density at radius 1 is 0.633 bits per heavy atom. The van der Waals surface area contributed by atoms with Crippen LogP contribution in [0.2, 0.25) is 0 Å². The third kappa shape index (κ3) is 5.06. The van der Waals surface area contributed by atoms with E-state index in [0.717, 1.165) is 16.8 Å². The first-order chi connectivity index (χ1) is 14.8. The Morgan fingerprint density at radius 3 is 1.90 bits per heavy atom. The van der Waals surface area contributed by atoms with Gasteiger partial charge in [-0.3, -0.25) is 4.99 Å². The molecule has 0 saturated heterocycles. The van der Waals surface area contributed by atoms with Crippen LogP contribution in [-0.4, -0.2) is 6.21 Å². The van der Waals surface area contributed by atoms with E-state index >= 15 is 0 Å². The minimum absolute atomic E-state index is 0.445. The summed E-state index contributed by atoms with van der Waals surface area (Å²) in [7, 11) is 0. The topological polar surface area (TPSA) is 63.1 Å². The Hall–Kier alpha value is -4.05. The Labute approximate surface area is 176 Å². The number of anilines is 1. The van der Waals surface area contributed by atoms with Gasteiger partial charge in [-0.2, -0.15) is 10.2 Å². The van der Waals surface area contributed by atoms with Crippen LogP contribution in [0.15, 0.2) is 124 Å². The normalized spacial score (nSPS) is 12.4. The first-order valence-corrected chi connectivity index (χ1v) is 9.78. The van der Waals surface area contributed by atoms with Crippen molar-refractivity contribution in [1.82, 2.24) is 0 Å². The molecule has 4 aromatic rings. The predicted molar refractivity (Wildman–Crippen MR) is 124 cm³/mol. The maximum atomic E-state index is 5.83. The number of azo groups is 1. The van der Waals surface area contributed by atoms with E-state index in [-0.39, 0.29) is 0 Å². The Balaban J connectivity index is 1.57. The number of aliphatic imine (C=N–C) groups is 1. The van der Waals surface area contributed by atoms with Gasteiger partial charge in [0.25, 0.3) is 0 Å². The van der Waals surface area contributed by atoms with Crippen molar-refractivity contribution >= 4 is 17.6 Å². The zero-order valence-electron chi connectivity index (χ0n) is 16.5. The van der Waals surface area contributed by atoms with Gasteiger partial charge in [-0.05, 0) is 41.0 Å². The number of benzene rings is 4. The van der Waals surface area contributed by atoms with E-state index in [9.17, 15) is 0 Å². The van der Waals surface area contributed by atoms with Gasteiger partial charge < -0.3 is 5.73 Å². The molecule has 0 spiro atoms. The van der Waals surface area contributed by atoms with Crippen LogP contribution in [0.25, 0.3) is 11.1 Å². The number of nitrogens with two attached hydrogens (primary N) is 1. The van der Waals surface area contributed by atoms with Crippen molar-refractivity contribution < 1.29 is 0 Å². The predicted octanol–water partition coefficient (Wildman–Crippen LogP) is 6.84. The highest BCUT2D eigenvalue weighted by Gasteiger charge is 2.08. The highest BCUT2D eigenvalue weighted by molar-refractivity contribution is 5.81. The molecule has 0 aliphatic heterocycles. The molecule has 0 aliphatic carbocycles. The molecule has 1 atom stereocenters. The fourth-order valence-electron chi connectivity index (χ4n) is 3.02. The van der Waals surface area contributed by atoms with E-state index in [2.05, 4.69) is 51.6 Å². The van der Waals surface area contributed by atoms with Gasteiger partial charge in [0.15, 0.2) is 6.17 Å². The molecular weight excluding hydrogens is 368 g/mol. The molecule has 0 amide bonds. The second-order valence-corrected chi connectivity index (χ2v) is 6.86. The van der Waals surface area contributed by atoms with Crippen LogP contribution < -0.4 is 5.73 Å². The SMILES string of the molecule is Nc1ccc(C(/N=C/c2ccc(-c3ccccc3)cc2)/N=N/c2ccccc2)cc1. The van der Waals surface area contributed by atoms with Gasteiger partial charge in [-0.1, -0.05) is 84.9 Å². The van der Waals surface area contributed by atoms with Gasteiger partial charge in [-0.25, -0.2) is 0 Å². The summed E-state index contributed by atoms with van der Waals surface area (Å²) in [4.78, 5) is 4.69. The maximum absolute atomic E-state index is 5.83. The van der Waals surface area contributed by atoms with Crippen LogP contribution in [0, 0.1) is 0 Å². The molecule has 146 valence electrons. The van der Waals surface area contributed by atoms with Crippen molar-refractivity contribution in [2.45, 2.75) is 6.17 Å². The van der Waals surface area contributed by atoms with Crippen LogP contribution in [0.3, 0.4) is 0 Å². The second kappa shape index (κ2) is 9.43. The zero-order valence-corrected chi connectivity index (χ0v) is 16.5. The average molecular weight is 390 g/mol. The second-order valence-electron chi connectivity index (χ2n) is 6.86. The molecule has 0 aromatic heterocycles. The lowest BCUT2D eigenvalue weighted by Crippen LogP contribution is -1.94. The average Bonchev–Trinajstić information content (AvgIpc) is 2.81. The van der Waals surface area contributed by atoms with Crippen molar-refractivity contribution in [2.24, 2.45) is 15.2 Å². The summed E-state index contributed by atoms with van der Waals surface area (Å²) in [6.45, 7) is 0. The Kier molecular flexibility index (Phi) is 6.06. The van der Waals surface area contributed by atoms with Gasteiger partial charge in [0, 0.05) is 17.5 Å². The molecule has 4 heteroatoms. The molecule has 0 fully saturated rings.